The van der Waals surface area contributed by atoms with E-state index < -0.39 is 28.9 Å². The third-order valence-corrected chi connectivity index (χ3v) is 6.00. The monoisotopic (exact) mass is 531 g/mol. The molecule has 3 heterocycles. The molecule has 0 aliphatic carbocycles. The average molecular weight is 531 g/mol. The summed E-state index contributed by atoms with van der Waals surface area (Å²) in [7, 11) is 0. The quantitative estimate of drug-likeness (QED) is 0.248. The molecule has 2 aromatic heterocycles. The van der Waals surface area contributed by atoms with Crippen molar-refractivity contribution in [3.63, 3.8) is 0 Å². The molecule has 196 valence electrons. The number of pyridine rings is 1. The molecule has 5 rings (SSSR count). The van der Waals surface area contributed by atoms with Gasteiger partial charge in [-0.1, -0.05) is 24.3 Å². The first-order chi connectivity index (χ1) is 18.8. The molecule has 0 spiro atoms. The third kappa shape index (κ3) is 5.42. The number of rotatable bonds is 7. The second-order valence-corrected chi connectivity index (χ2v) is 8.66. The van der Waals surface area contributed by atoms with E-state index in [0.29, 0.717) is 17.0 Å². The maximum Gasteiger partial charge on any atom is 0.263 e. The Bertz CT molecular complexity index is 1680. The van der Waals surface area contributed by atoms with Crippen LogP contribution in [0.1, 0.15) is 32.7 Å². The largest absolute Gasteiger partial charge is 0.348 e. The SMILES string of the molecule is O=C1Nc2cc(/C=C/CNC(=O)c3cccn(Cc4cc(F)c(F)c(F)c4)c3=O)ccc2/C1=C/c1cnc[nH]1. The number of carbonyl (C=O) groups excluding carboxylic acids is 2. The highest BCUT2D eigenvalue weighted by atomic mass is 19.2. The van der Waals surface area contributed by atoms with Gasteiger partial charge in [0.05, 0.1) is 30.3 Å². The molecular weight excluding hydrogens is 511 g/mol. The minimum atomic E-state index is -1.59. The smallest absolute Gasteiger partial charge is 0.263 e. The normalized spacial score (nSPS) is 13.6. The lowest BCUT2D eigenvalue weighted by Gasteiger charge is -2.09. The van der Waals surface area contributed by atoms with Gasteiger partial charge in [0.25, 0.3) is 17.4 Å². The Morgan fingerprint density at radius 3 is 2.62 bits per heavy atom. The topological polar surface area (TPSA) is 109 Å². The number of anilines is 1. The van der Waals surface area contributed by atoms with Crippen LogP contribution in [-0.4, -0.2) is 32.9 Å². The zero-order valence-corrected chi connectivity index (χ0v) is 20.2. The second kappa shape index (κ2) is 10.7. The molecule has 1 aliphatic heterocycles. The number of fused-ring (bicyclic) bond motifs is 1. The predicted octanol–water partition coefficient (Wildman–Crippen LogP) is 3.97. The van der Waals surface area contributed by atoms with Crippen LogP contribution in [0.3, 0.4) is 0 Å². The van der Waals surface area contributed by atoms with E-state index in [1.54, 1.807) is 30.5 Å². The first kappa shape index (κ1) is 25.5. The Morgan fingerprint density at radius 2 is 1.87 bits per heavy atom. The summed E-state index contributed by atoms with van der Waals surface area (Å²) in [5.74, 6) is -5.18. The molecule has 8 nitrogen and oxygen atoms in total. The predicted molar refractivity (Wildman–Crippen MR) is 139 cm³/mol. The fraction of sp³-hybridized carbons (Fsp3) is 0.0714. The van der Waals surface area contributed by atoms with Gasteiger partial charge in [-0.2, -0.15) is 0 Å². The maximum atomic E-state index is 13.5. The van der Waals surface area contributed by atoms with Crippen LogP contribution < -0.4 is 16.2 Å². The minimum absolute atomic E-state index is 0.0310. The standard InChI is InChI=1S/C28H20F3N5O3/c29-22-9-17(10-23(30)25(22)31)14-36-8-2-4-20(28(36)39)26(37)33-7-1-3-16-5-6-19-21(12-18-13-32-15-34-18)27(38)35-24(19)11-16/h1-6,8-13,15H,7,14H2,(H,32,34)(H,33,37)(H,35,38)/b3-1+,21-12-. The number of aromatic nitrogens is 3. The van der Waals surface area contributed by atoms with Crippen LogP contribution in [-0.2, 0) is 11.3 Å². The van der Waals surface area contributed by atoms with Crippen molar-refractivity contribution < 1.29 is 22.8 Å². The van der Waals surface area contributed by atoms with Crippen LogP contribution in [0.4, 0.5) is 18.9 Å². The van der Waals surface area contributed by atoms with Crippen molar-refractivity contribution in [1.29, 1.82) is 0 Å². The van der Waals surface area contributed by atoms with Gasteiger partial charge in [0.1, 0.15) is 5.56 Å². The molecule has 0 fully saturated rings. The van der Waals surface area contributed by atoms with Crippen LogP contribution >= 0.6 is 0 Å². The van der Waals surface area contributed by atoms with Gasteiger partial charge in [0.2, 0.25) is 0 Å². The lowest BCUT2D eigenvalue weighted by molar-refractivity contribution is -0.110. The zero-order chi connectivity index (χ0) is 27.5. The van der Waals surface area contributed by atoms with Gasteiger partial charge >= 0.3 is 0 Å². The summed E-state index contributed by atoms with van der Waals surface area (Å²) >= 11 is 0. The number of nitrogens with zero attached hydrogens (tertiary/aromatic N) is 2. The number of hydrogen-bond donors (Lipinski definition) is 3. The van der Waals surface area contributed by atoms with E-state index in [-0.39, 0.29) is 30.1 Å². The highest BCUT2D eigenvalue weighted by Gasteiger charge is 2.24. The Balaban J connectivity index is 1.23. The molecule has 0 saturated carbocycles. The maximum absolute atomic E-state index is 13.5. The summed E-state index contributed by atoms with van der Waals surface area (Å²) in [6.07, 6.45) is 9.65. The molecule has 2 amide bonds. The molecular formula is C28H20F3N5O3. The molecule has 4 aromatic rings. The van der Waals surface area contributed by atoms with Gasteiger partial charge in [-0.3, -0.25) is 14.4 Å². The van der Waals surface area contributed by atoms with Gasteiger partial charge in [0, 0.05) is 24.0 Å². The summed E-state index contributed by atoms with van der Waals surface area (Å²) in [5, 5.41) is 5.45. The Hall–Kier alpha value is -5.19. The molecule has 0 bridgehead atoms. The molecule has 0 atom stereocenters. The molecule has 0 unspecified atom stereocenters. The molecule has 3 N–H and O–H groups in total. The molecule has 11 heteroatoms. The van der Waals surface area contributed by atoms with E-state index in [4.69, 9.17) is 0 Å². The summed E-state index contributed by atoms with van der Waals surface area (Å²) in [4.78, 5) is 44.6. The van der Waals surface area contributed by atoms with Gasteiger partial charge in [0.15, 0.2) is 17.5 Å². The second-order valence-electron chi connectivity index (χ2n) is 8.66. The summed E-state index contributed by atoms with van der Waals surface area (Å²) < 4.78 is 41.3. The third-order valence-electron chi connectivity index (χ3n) is 6.00. The van der Waals surface area contributed by atoms with Gasteiger partial charge < -0.3 is 20.2 Å². The average Bonchev–Trinajstić information content (AvgIpc) is 3.53. The first-order valence-electron chi connectivity index (χ1n) is 11.7. The van der Waals surface area contributed by atoms with Crippen molar-refractivity contribution in [3.8, 4) is 0 Å². The fourth-order valence-electron chi connectivity index (χ4n) is 4.13. The van der Waals surface area contributed by atoms with Crippen LogP contribution in [0.2, 0.25) is 0 Å². The van der Waals surface area contributed by atoms with E-state index in [2.05, 4.69) is 20.6 Å². The van der Waals surface area contributed by atoms with E-state index in [1.807, 2.05) is 12.1 Å². The number of nitrogens with one attached hydrogen (secondary N) is 3. The number of imidazole rings is 1. The van der Waals surface area contributed by atoms with E-state index in [9.17, 15) is 27.6 Å². The lowest BCUT2D eigenvalue weighted by atomic mass is 10.0. The Labute approximate surface area is 219 Å². The summed E-state index contributed by atoms with van der Waals surface area (Å²) in [5.41, 5.74) is 2.62. The van der Waals surface area contributed by atoms with E-state index >= 15 is 0 Å². The summed E-state index contributed by atoms with van der Waals surface area (Å²) in [6.45, 7) is -0.141. The van der Waals surface area contributed by atoms with Crippen LogP contribution in [0, 0.1) is 17.5 Å². The zero-order valence-electron chi connectivity index (χ0n) is 20.2. The van der Waals surface area contributed by atoms with Gasteiger partial charge in [-0.15, -0.1) is 0 Å². The highest BCUT2D eigenvalue weighted by Crippen LogP contribution is 2.33. The molecule has 39 heavy (non-hydrogen) atoms. The number of halogens is 3. The Kier molecular flexibility index (Phi) is 6.96. The highest BCUT2D eigenvalue weighted by molar-refractivity contribution is 6.34. The fourth-order valence-corrected chi connectivity index (χ4v) is 4.13. The molecule has 0 saturated heterocycles. The van der Waals surface area contributed by atoms with E-state index in [0.717, 1.165) is 27.8 Å². The number of aromatic amines is 1. The van der Waals surface area contributed by atoms with Crippen molar-refractivity contribution in [2.75, 3.05) is 11.9 Å². The van der Waals surface area contributed by atoms with Crippen LogP contribution in [0.15, 0.2) is 72.1 Å². The number of hydrogen-bond acceptors (Lipinski definition) is 4. The molecule has 1 aliphatic rings. The Morgan fingerprint density at radius 1 is 1.08 bits per heavy atom. The van der Waals surface area contributed by atoms with Crippen molar-refractivity contribution >= 4 is 35.2 Å². The van der Waals surface area contributed by atoms with Crippen molar-refractivity contribution in [2.24, 2.45) is 0 Å². The van der Waals surface area contributed by atoms with Crippen LogP contribution in [0.25, 0.3) is 17.7 Å². The van der Waals surface area contributed by atoms with Gasteiger partial charge in [-0.25, -0.2) is 18.2 Å². The number of benzene rings is 2. The van der Waals surface area contributed by atoms with Crippen LogP contribution in [0.5, 0.6) is 0 Å². The van der Waals surface area contributed by atoms with E-state index in [1.165, 1.54) is 24.7 Å². The minimum Gasteiger partial charge on any atom is -0.348 e. The summed E-state index contributed by atoms with van der Waals surface area (Å²) in [6, 6.07) is 9.83. The first-order valence-corrected chi connectivity index (χ1v) is 11.7. The van der Waals surface area contributed by atoms with Crippen molar-refractivity contribution in [3.05, 3.63) is 123 Å². The molecule has 0 radical (unpaired) electrons. The number of H-pyrrole nitrogens is 1. The number of carbonyl (C=O) groups is 2. The number of amides is 2. The van der Waals surface area contributed by atoms with Crippen molar-refractivity contribution in [2.45, 2.75) is 6.54 Å². The lowest BCUT2D eigenvalue weighted by Crippen LogP contribution is -2.33. The molecule has 2 aromatic carbocycles. The van der Waals surface area contributed by atoms with Crippen molar-refractivity contribution in [1.82, 2.24) is 19.9 Å². The van der Waals surface area contributed by atoms with Gasteiger partial charge in [-0.05, 0) is 47.5 Å².